The van der Waals surface area contributed by atoms with Crippen molar-refractivity contribution in [3.05, 3.63) is 29.3 Å². The van der Waals surface area contributed by atoms with E-state index in [2.05, 4.69) is 28.3 Å². The van der Waals surface area contributed by atoms with E-state index in [4.69, 9.17) is 10.9 Å². The minimum atomic E-state index is 0.150. The summed E-state index contributed by atoms with van der Waals surface area (Å²) >= 11 is 0. The number of hydrogen-bond acceptors (Lipinski definition) is 3. The number of rotatable bonds is 2. The molecule has 2 rings (SSSR count). The first kappa shape index (κ1) is 10.8. The van der Waals surface area contributed by atoms with Crippen LogP contribution in [-0.2, 0) is 12.8 Å². The molecule has 1 aromatic carbocycles. The highest BCUT2D eigenvalue weighted by atomic mass is 16.4. The van der Waals surface area contributed by atoms with E-state index in [1.807, 2.05) is 14.1 Å². The average molecular weight is 219 g/mol. The number of oxime groups is 1. The zero-order valence-corrected chi connectivity index (χ0v) is 9.64. The molecule has 1 aromatic rings. The Balaban J connectivity index is 2.25. The van der Waals surface area contributed by atoms with Crippen LogP contribution in [0.15, 0.2) is 23.4 Å². The van der Waals surface area contributed by atoms with Crippen molar-refractivity contribution >= 4 is 11.5 Å². The molecule has 0 fully saturated rings. The lowest BCUT2D eigenvalue weighted by Gasteiger charge is -2.13. The van der Waals surface area contributed by atoms with Crippen molar-refractivity contribution in [3.8, 4) is 0 Å². The molecule has 4 heteroatoms. The van der Waals surface area contributed by atoms with E-state index < -0.39 is 0 Å². The zero-order valence-electron chi connectivity index (χ0n) is 9.64. The van der Waals surface area contributed by atoms with Gasteiger partial charge < -0.3 is 15.8 Å². The van der Waals surface area contributed by atoms with Gasteiger partial charge in [0, 0.05) is 25.7 Å². The minimum absolute atomic E-state index is 0.150. The van der Waals surface area contributed by atoms with E-state index in [0.29, 0.717) is 5.84 Å². The summed E-state index contributed by atoms with van der Waals surface area (Å²) in [5, 5.41) is 11.8. The topological polar surface area (TPSA) is 61.8 Å². The lowest BCUT2D eigenvalue weighted by atomic mass is 10.1. The number of anilines is 1. The molecule has 0 aromatic heterocycles. The van der Waals surface area contributed by atoms with E-state index in [9.17, 15) is 0 Å². The van der Waals surface area contributed by atoms with Crippen LogP contribution in [0.3, 0.4) is 0 Å². The van der Waals surface area contributed by atoms with Gasteiger partial charge in [0.2, 0.25) is 0 Å². The molecule has 1 aliphatic carbocycles. The van der Waals surface area contributed by atoms with Crippen LogP contribution in [0.1, 0.15) is 11.1 Å². The Bertz CT molecular complexity index is 426. The summed E-state index contributed by atoms with van der Waals surface area (Å²) in [7, 11) is 4.05. The van der Waals surface area contributed by atoms with Gasteiger partial charge in [-0.3, -0.25) is 0 Å². The van der Waals surface area contributed by atoms with Gasteiger partial charge in [-0.1, -0.05) is 11.2 Å². The van der Waals surface area contributed by atoms with Crippen LogP contribution in [0.2, 0.25) is 0 Å². The maximum Gasteiger partial charge on any atom is 0.142 e. The SMILES string of the molecule is CN(C)c1ccc2c(c1)CC(C(N)=NO)C2. The Labute approximate surface area is 95.4 Å². The molecule has 0 saturated heterocycles. The molecule has 1 atom stereocenters. The third kappa shape index (κ3) is 1.83. The van der Waals surface area contributed by atoms with Crippen molar-refractivity contribution in [2.75, 3.05) is 19.0 Å². The van der Waals surface area contributed by atoms with Gasteiger partial charge in [0.25, 0.3) is 0 Å². The predicted octanol–water partition coefficient (Wildman–Crippen LogP) is 1.21. The van der Waals surface area contributed by atoms with Gasteiger partial charge in [0.05, 0.1) is 0 Å². The molecule has 86 valence electrons. The van der Waals surface area contributed by atoms with Crippen molar-refractivity contribution < 1.29 is 5.21 Å². The van der Waals surface area contributed by atoms with Crippen molar-refractivity contribution in [2.24, 2.45) is 16.8 Å². The Morgan fingerprint density at radius 1 is 1.38 bits per heavy atom. The molecule has 1 aliphatic rings. The molecule has 0 radical (unpaired) electrons. The highest BCUT2D eigenvalue weighted by Gasteiger charge is 2.24. The van der Waals surface area contributed by atoms with E-state index >= 15 is 0 Å². The summed E-state index contributed by atoms with van der Waals surface area (Å²) in [5.74, 6) is 0.486. The molecule has 16 heavy (non-hydrogen) atoms. The molecule has 0 bridgehead atoms. The smallest absolute Gasteiger partial charge is 0.142 e. The highest BCUT2D eigenvalue weighted by Crippen LogP contribution is 2.29. The second-order valence-electron chi connectivity index (χ2n) is 4.48. The first-order valence-electron chi connectivity index (χ1n) is 5.38. The Kier molecular flexibility index (Phi) is 2.73. The van der Waals surface area contributed by atoms with E-state index in [1.54, 1.807) is 0 Å². The predicted molar refractivity (Wildman–Crippen MR) is 65.1 cm³/mol. The molecule has 1 unspecified atom stereocenters. The maximum absolute atomic E-state index is 8.67. The molecule has 0 aliphatic heterocycles. The summed E-state index contributed by atoms with van der Waals surface area (Å²) in [4.78, 5) is 2.08. The maximum atomic E-state index is 8.67. The normalized spacial score (nSPS) is 19.6. The largest absolute Gasteiger partial charge is 0.409 e. The van der Waals surface area contributed by atoms with Crippen LogP contribution in [0, 0.1) is 5.92 Å². The molecular weight excluding hydrogens is 202 g/mol. The third-order valence-corrected chi connectivity index (χ3v) is 3.17. The van der Waals surface area contributed by atoms with Gasteiger partial charge in [0.15, 0.2) is 0 Å². The van der Waals surface area contributed by atoms with E-state index in [-0.39, 0.29) is 5.92 Å². The summed E-state index contributed by atoms with van der Waals surface area (Å²) in [5.41, 5.74) is 9.45. The molecule has 0 heterocycles. The molecule has 0 amide bonds. The van der Waals surface area contributed by atoms with Gasteiger partial charge in [-0.05, 0) is 36.1 Å². The zero-order chi connectivity index (χ0) is 11.7. The average Bonchev–Trinajstić information content (AvgIpc) is 2.70. The fourth-order valence-corrected chi connectivity index (χ4v) is 2.17. The van der Waals surface area contributed by atoms with Crippen LogP contribution in [0.25, 0.3) is 0 Å². The first-order chi connectivity index (χ1) is 7.61. The second kappa shape index (κ2) is 4.04. The summed E-state index contributed by atoms with van der Waals surface area (Å²) in [6, 6.07) is 6.42. The Hall–Kier alpha value is -1.71. The molecular formula is C12H17N3O. The fraction of sp³-hybridized carbons (Fsp3) is 0.417. The van der Waals surface area contributed by atoms with E-state index in [1.165, 1.54) is 16.8 Å². The highest BCUT2D eigenvalue weighted by molar-refractivity contribution is 5.83. The van der Waals surface area contributed by atoms with Gasteiger partial charge >= 0.3 is 0 Å². The van der Waals surface area contributed by atoms with Crippen LogP contribution in [0.5, 0.6) is 0 Å². The lowest BCUT2D eigenvalue weighted by Crippen LogP contribution is -2.23. The number of benzene rings is 1. The first-order valence-corrected chi connectivity index (χ1v) is 5.38. The molecule has 3 N–H and O–H groups in total. The van der Waals surface area contributed by atoms with Crippen LogP contribution in [0.4, 0.5) is 5.69 Å². The van der Waals surface area contributed by atoms with E-state index in [0.717, 1.165) is 12.8 Å². The molecule has 0 saturated carbocycles. The Morgan fingerprint density at radius 3 is 2.69 bits per heavy atom. The van der Waals surface area contributed by atoms with Gasteiger partial charge in [-0.25, -0.2) is 0 Å². The van der Waals surface area contributed by atoms with Crippen LogP contribution < -0.4 is 10.6 Å². The van der Waals surface area contributed by atoms with Crippen molar-refractivity contribution in [1.29, 1.82) is 0 Å². The number of hydrogen-bond donors (Lipinski definition) is 2. The van der Waals surface area contributed by atoms with Crippen LogP contribution >= 0.6 is 0 Å². The third-order valence-electron chi connectivity index (χ3n) is 3.17. The number of fused-ring (bicyclic) bond motifs is 1. The fourth-order valence-electron chi connectivity index (χ4n) is 2.17. The molecule has 4 nitrogen and oxygen atoms in total. The monoisotopic (exact) mass is 219 g/mol. The number of nitrogens with zero attached hydrogens (tertiary/aromatic N) is 2. The van der Waals surface area contributed by atoms with Gasteiger partial charge in [-0.2, -0.15) is 0 Å². The number of amidine groups is 1. The lowest BCUT2D eigenvalue weighted by molar-refractivity contribution is 0.314. The van der Waals surface area contributed by atoms with Crippen molar-refractivity contribution in [1.82, 2.24) is 0 Å². The van der Waals surface area contributed by atoms with Crippen LogP contribution in [-0.4, -0.2) is 25.1 Å². The standard InChI is InChI=1S/C12H17N3O/c1-15(2)11-4-3-8-5-10(12(13)14-16)6-9(8)7-11/h3-4,7,10,16H,5-6H2,1-2H3,(H2,13,14). The van der Waals surface area contributed by atoms with Crippen molar-refractivity contribution in [3.63, 3.8) is 0 Å². The Morgan fingerprint density at radius 2 is 2.06 bits per heavy atom. The van der Waals surface area contributed by atoms with Gasteiger partial charge in [0.1, 0.15) is 5.84 Å². The second-order valence-corrected chi connectivity index (χ2v) is 4.48. The summed E-state index contributed by atoms with van der Waals surface area (Å²) < 4.78 is 0. The number of nitrogens with two attached hydrogens (primary N) is 1. The van der Waals surface area contributed by atoms with Crippen molar-refractivity contribution in [2.45, 2.75) is 12.8 Å². The van der Waals surface area contributed by atoms with Gasteiger partial charge in [-0.15, -0.1) is 0 Å². The molecule has 0 spiro atoms. The summed E-state index contributed by atoms with van der Waals surface area (Å²) in [6.07, 6.45) is 1.74. The quantitative estimate of drug-likeness (QED) is 0.340. The summed E-state index contributed by atoms with van der Waals surface area (Å²) in [6.45, 7) is 0. The minimum Gasteiger partial charge on any atom is -0.409 e.